The predicted octanol–water partition coefficient (Wildman–Crippen LogP) is 0.767. The molecule has 2 rings (SSSR count). The van der Waals surface area contributed by atoms with Crippen molar-refractivity contribution in [3.05, 3.63) is 0 Å². The Morgan fingerprint density at radius 2 is 1.68 bits per heavy atom. The van der Waals surface area contributed by atoms with Crippen LogP contribution in [0.5, 0.6) is 0 Å². The number of carbonyl (C=O) groups excluding carboxylic acids is 2. The van der Waals surface area contributed by atoms with Crippen LogP contribution >= 0.6 is 0 Å². The summed E-state index contributed by atoms with van der Waals surface area (Å²) in [7, 11) is 0. The summed E-state index contributed by atoms with van der Waals surface area (Å²) in [6, 6.07) is -0.688. The van der Waals surface area contributed by atoms with Crippen LogP contribution in [0, 0.1) is 0 Å². The van der Waals surface area contributed by atoms with Gasteiger partial charge in [-0.3, -0.25) is 9.69 Å². The van der Waals surface area contributed by atoms with E-state index in [0.717, 1.165) is 19.3 Å². The smallest absolute Gasteiger partial charge is 0.313 e. The molecule has 22 heavy (non-hydrogen) atoms. The quantitative estimate of drug-likeness (QED) is 0.803. The van der Waals surface area contributed by atoms with Gasteiger partial charge in [-0.15, -0.1) is 0 Å². The van der Waals surface area contributed by atoms with Crippen molar-refractivity contribution in [2.24, 2.45) is 5.73 Å². The van der Waals surface area contributed by atoms with Crippen LogP contribution in [-0.2, 0) is 4.79 Å². The average molecular weight is 318 g/mol. The number of nitrogens with two attached hydrogens (primary N) is 1. The topological polar surface area (TPSA) is 78.7 Å². The first-order valence-electron chi connectivity index (χ1n) is 7.80. The number of hydrogen-bond donors (Lipinski definition) is 2. The molecule has 126 valence electrons. The summed E-state index contributed by atoms with van der Waals surface area (Å²) in [5.74, 6) is -0.123. The van der Waals surface area contributed by atoms with E-state index in [1.165, 1.54) is 0 Å². The number of nitrogens with zero attached hydrogens (tertiary/aromatic N) is 2. The molecule has 0 aromatic rings. The second-order valence-electron chi connectivity index (χ2n) is 6.12. The van der Waals surface area contributed by atoms with Gasteiger partial charge in [0.1, 0.15) is 5.54 Å². The number of rotatable bonds is 4. The number of primary amides is 1. The Morgan fingerprint density at radius 1 is 1.09 bits per heavy atom. The third-order valence-electron chi connectivity index (χ3n) is 4.53. The molecule has 2 aliphatic rings. The van der Waals surface area contributed by atoms with Gasteiger partial charge in [-0.25, -0.2) is 13.6 Å². The van der Waals surface area contributed by atoms with E-state index in [9.17, 15) is 18.4 Å². The van der Waals surface area contributed by atoms with Crippen LogP contribution in [0.4, 0.5) is 13.6 Å². The Labute approximate surface area is 129 Å². The molecule has 0 aromatic heterocycles. The lowest BCUT2D eigenvalue weighted by atomic mass is 9.80. The molecule has 1 saturated heterocycles. The molecule has 3 amide bonds. The number of halogens is 2. The zero-order valence-electron chi connectivity index (χ0n) is 12.7. The van der Waals surface area contributed by atoms with Crippen LogP contribution in [0.1, 0.15) is 32.1 Å². The SMILES string of the molecule is NC(=O)NC1(C(=O)N2CCN(CC(F)F)CC2)CCCCC1. The van der Waals surface area contributed by atoms with E-state index in [4.69, 9.17) is 5.73 Å². The number of amides is 3. The molecule has 1 heterocycles. The average Bonchev–Trinajstić information content (AvgIpc) is 2.47. The van der Waals surface area contributed by atoms with E-state index in [1.807, 2.05) is 0 Å². The number of alkyl halides is 2. The van der Waals surface area contributed by atoms with Crippen molar-refractivity contribution in [2.75, 3.05) is 32.7 Å². The largest absolute Gasteiger partial charge is 0.352 e. The van der Waals surface area contributed by atoms with Gasteiger partial charge >= 0.3 is 6.03 Å². The summed E-state index contributed by atoms with van der Waals surface area (Å²) in [6.07, 6.45) is 1.60. The fourth-order valence-electron chi connectivity index (χ4n) is 3.41. The van der Waals surface area contributed by atoms with Crippen molar-refractivity contribution in [1.82, 2.24) is 15.1 Å². The summed E-state index contributed by atoms with van der Waals surface area (Å²) >= 11 is 0. The van der Waals surface area contributed by atoms with Gasteiger partial charge in [0.15, 0.2) is 0 Å². The van der Waals surface area contributed by atoms with Gasteiger partial charge in [0.25, 0.3) is 6.43 Å². The van der Waals surface area contributed by atoms with Crippen LogP contribution in [-0.4, -0.2) is 66.4 Å². The number of nitrogens with one attached hydrogen (secondary N) is 1. The summed E-state index contributed by atoms with van der Waals surface area (Å²) in [4.78, 5) is 27.4. The summed E-state index contributed by atoms with van der Waals surface area (Å²) in [6.45, 7) is 1.43. The molecule has 1 saturated carbocycles. The highest BCUT2D eigenvalue weighted by atomic mass is 19.3. The molecule has 6 nitrogen and oxygen atoms in total. The summed E-state index contributed by atoms with van der Waals surface area (Å²) in [5.41, 5.74) is 4.33. The molecule has 0 radical (unpaired) electrons. The molecule has 0 aromatic carbocycles. The second kappa shape index (κ2) is 7.21. The van der Waals surface area contributed by atoms with Crippen molar-refractivity contribution in [1.29, 1.82) is 0 Å². The lowest BCUT2D eigenvalue weighted by Crippen LogP contribution is -2.64. The normalized spacial score (nSPS) is 22.6. The van der Waals surface area contributed by atoms with Crippen LogP contribution in [0.15, 0.2) is 0 Å². The van der Waals surface area contributed by atoms with Crippen LogP contribution < -0.4 is 11.1 Å². The molecule has 0 spiro atoms. The molecule has 3 N–H and O–H groups in total. The van der Waals surface area contributed by atoms with Crippen LogP contribution in [0.2, 0.25) is 0 Å². The van der Waals surface area contributed by atoms with E-state index in [0.29, 0.717) is 39.0 Å². The van der Waals surface area contributed by atoms with Crippen LogP contribution in [0.25, 0.3) is 0 Å². The van der Waals surface area contributed by atoms with Gasteiger partial charge in [-0.2, -0.15) is 0 Å². The van der Waals surface area contributed by atoms with Gasteiger partial charge < -0.3 is 16.0 Å². The summed E-state index contributed by atoms with van der Waals surface area (Å²) < 4.78 is 24.8. The fraction of sp³-hybridized carbons (Fsp3) is 0.857. The van der Waals surface area contributed by atoms with Gasteiger partial charge in [-0.05, 0) is 12.8 Å². The predicted molar refractivity (Wildman–Crippen MR) is 77.6 cm³/mol. The van der Waals surface area contributed by atoms with Crippen molar-refractivity contribution < 1.29 is 18.4 Å². The second-order valence-corrected chi connectivity index (χ2v) is 6.12. The first-order valence-corrected chi connectivity index (χ1v) is 7.80. The Balaban J connectivity index is 1.98. The first kappa shape index (κ1) is 16.9. The number of piperazine rings is 1. The van der Waals surface area contributed by atoms with E-state index in [2.05, 4.69) is 5.32 Å². The van der Waals surface area contributed by atoms with Gasteiger partial charge in [0, 0.05) is 26.2 Å². The molecule has 0 atom stereocenters. The monoisotopic (exact) mass is 318 g/mol. The van der Waals surface area contributed by atoms with E-state index >= 15 is 0 Å². The Hall–Kier alpha value is -1.44. The maximum atomic E-state index is 12.8. The van der Waals surface area contributed by atoms with Crippen molar-refractivity contribution in [3.8, 4) is 0 Å². The fourth-order valence-corrected chi connectivity index (χ4v) is 3.41. The first-order chi connectivity index (χ1) is 10.4. The highest BCUT2D eigenvalue weighted by Crippen LogP contribution is 2.30. The minimum absolute atomic E-state index is 0.123. The number of carbonyl (C=O) groups is 2. The Morgan fingerprint density at radius 3 is 2.18 bits per heavy atom. The minimum atomic E-state index is -2.36. The minimum Gasteiger partial charge on any atom is -0.352 e. The van der Waals surface area contributed by atoms with Gasteiger partial charge in [0.05, 0.1) is 6.54 Å². The highest BCUT2D eigenvalue weighted by molar-refractivity contribution is 5.91. The number of urea groups is 1. The van der Waals surface area contributed by atoms with E-state index in [1.54, 1.807) is 9.80 Å². The van der Waals surface area contributed by atoms with E-state index in [-0.39, 0.29) is 12.5 Å². The van der Waals surface area contributed by atoms with Crippen LogP contribution in [0.3, 0.4) is 0 Å². The zero-order chi connectivity index (χ0) is 16.2. The lowest BCUT2D eigenvalue weighted by Gasteiger charge is -2.42. The Bertz CT molecular complexity index is 406. The zero-order valence-corrected chi connectivity index (χ0v) is 12.7. The Kier molecular flexibility index (Phi) is 5.55. The molecular weight excluding hydrogens is 294 g/mol. The lowest BCUT2D eigenvalue weighted by molar-refractivity contribution is -0.141. The van der Waals surface area contributed by atoms with Crippen molar-refractivity contribution in [3.63, 3.8) is 0 Å². The van der Waals surface area contributed by atoms with Crippen molar-refractivity contribution in [2.45, 2.75) is 44.1 Å². The number of hydrogen-bond acceptors (Lipinski definition) is 3. The molecule has 1 aliphatic carbocycles. The molecular formula is C14H24F2N4O2. The van der Waals surface area contributed by atoms with E-state index < -0.39 is 18.0 Å². The van der Waals surface area contributed by atoms with Crippen molar-refractivity contribution >= 4 is 11.9 Å². The maximum Gasteiger partial charge on any atom is 0.313 e. The molecule has 1 aliphatic heterocycles. The third-order valence-corrected chi connectivity index (χ3v) is 4.53. The maximum absolute atomic E-state index is 12.8. The third kappa shape index (κ3) is 4.06. The molecule has 0 bridgehead atoms. The standard InChI is InChI=1S/C14H24F2N4O2/c15-11(16)10-19-6-8-20(9-7-19)12(21)14(18-13(17)22)4-2-1-3-5-14/h11H,1-10H2,(H3,17,18,22). The highest BCUT2D eigenvalue weighted by Gasteiger charge is 2.43. The van der Waals surface area contributed by atoms with Gasteiger partial charge in [0.2, 0.25) is 5.91 Å². The van der Waals surface area contributed by atoms with Gasteiger partial charge in [-0.1, -0.05) is 19.3 Å². The summed E-state index contributed by atoms with van der Waals surface area (Å²) in [5, 5.41) is 2.65. The molecule has 0 unspecified atom stereocenters. The molecule has 2 fully saturated rings. The molecule has 8 heteroatoms.